The number of thiazole rings is 1. The summed E-state index contributed by atoms with van der Waals surface area (Å²) in [4.78, 5) is 20.9. The van der Waals surface area contributed by atoms with Gasteiger partial charge >= 0.3 is 5.97 Å². The Kier molecular flexibility index (Phi) is 5.06. The number of esters is 1. The van der Waals surface area contributed by atoms with E-state index in [1.165, 1.54) is 11.3 Å². The fourth-order valence-electron chi connectivity index (χ4n) is 1.45. The Morgan fingerprint density at radius 1 is 1.47 bits per heavy atom. The minimum Gasteiger partial charge on any atom is -0.462 e. The Labute approximate surface area is 131 Å². The van der Waals surface area contributed by atoms with Crippen molar-refractivity contribution >= 4 is 49.2 Å². The molecule has 0 unspecified atom stereocenters. The Balaban J connectivity index is 2.41. The van der Waals surface area contributed by atoms with Crippen molar-refractivity contribution in [1.29, 1.82) is 0 Å². The zero-order valence-electron chi connectivity index (χ0n) is 10.0. The highest BCUT2D eigenvalue weighted by Gasteiger charge is 2.19. The number of nitrogens with zero attached hydrogens (tertiary/aromatic N) is 2. The van der Waals surface area contributed by atoms with Crippen LogP contribution in [0, 0.1) is 0 Å². The number of aromatic nitrogens is 2. The third-order valence-electron chi connectivity index (χ3n) is 2.24. The van der Waals surface area contributed by atoms with Crippen LogP contribution in [0.1, 0.15) is 22.3 Å². The van der Waals surface area contributed by atoms with E-state index in [4.69, 9.17) is 4.74 Å². The van der Waals surface area contributed by atoms with Crippen LogP contribution in [-0.4, -0.2) is 22.5 Å². The van der Waals surface area contributed by atoms with Gasteiger partial charge in [0.1, 0.15) is 9.88 Å². The Morgan fingerprint density at radius 3 is 2.89 bits per heavy atom. The van der Waals surface area contributed by atoms with Gasteiger partial charge in [-0.1, -0.05) is 15.9 Å². The minimum absolute atomic E-state index is 0.330. The minimum atomic E-state index is -0.330. The van der Waals surface area contributed by atoms with E-state index in [0.29, 0.717) is 22.5 Å². The number of halogens is 2. The molecule has 0 atom stereocenters. The fraction of sp³-hybridized carbons (Fsp3) is 0.250. The molecule has 0 N–H and O–H groups in total. The van der Waals surface area contributed by atoms with E-state index in [1.54, 1.807) is 19.3 Å². The van der Waals surface area contributed by atoms with Crippen molar-refractivity contribution in [3.8, 4) is 10.6 Å². The van der Waals surface area contributed by atoms with E-state index in [1.807, 2.05) is 6.07 Å². The smallest absolute Gasteiger partial charge is 0.350 e. The molecule has 100 valence electrons. The van der Waals surface area contributed by atoms with Gasteiger partial charge in [-0.3, -0.25) is 4.98 Å². The van der Waals surface area contributed by atoms with Crippen molar-refractivity contribution in [2.24, 2.45) is 0 Å². The molecule has 19 heavy (non-hydrogen) atoms. The van der Waals surface area contributed by atoms with Crippen molar-refractivity contribution in [3.63, 3.8) is 0 Å². The summed E-state index contributed by atoms with van der Waals surface area (Å²) in [6, 6.07) is 1.92. The van der Waals surface area contributed by atoms with E-state index in [-0.39, 0.29) is 5.97 Å². The van der Waals surface area contributed by atoms with Gasteiger partial charge in [-0.05, 0) is 28.9 Å². The first-order valence-corrected chi connectivity index (χ1v) is 8.22. The van der Waals surface area contributed by atoms with Gasteiger partial charge in [-0.2, -0.15) is 0 Å². The van der Waals surface area contributed by atoms with Crippen molar-refractivity contribution in [1.82, 2.24) is 9.97 Å². The zero-order valence-corrected chi connectivity index (χ0v) is 14.0. The number of hydrogen-bond donors (Lipinski definition) is 0. The topological polar surface area (TPSA) is 52.1 Å². The molecule has 0 fully saturated rings. The Morgan fingerprint density at radius 2 is 2.26 bits per heavy atom. The van der Waals surface area contributed by atoms with Crippen LogP contribution in [0.2, 0.25) is 0 Å². The zero-order chi connectivity index (χ0) is 13.8. The highest BCUT2D eigenvalue weighted by molar-refractivity contribution is 9.10. The lowest BCUT2D eigenvalue weighted by atomic mass is 10.3. The molecule has 0 aliphatic carbocycles. The highest BCUT2D eigenvalue weighted by atomic mass is 79.9. The molecule has 2 heterocycles. The van der Waals surface area contributed by atoms with E-state index in [0.717, 1.165) is 15.0 Å². The van der Waals surface area contributed by atoms with Gasteiger partial charge < -0.3 is 4.74 Å². The molecule has 0 aromatic carbocycles. The molecule has 0 bridgehead atoms. The number of rotatable bonds is 4. The van der Waals surface area contributed by atoms with Crippen LogP contribution in [0.5, 0.6) is 0 Å². The summed E-state index contributed by atoms with van der Waals surface area (Å²) in [5.41, 5.74) is 1.57. The van der Waals surface area contributed by atoms with Gasteiger partial charge in [0.15, 0.2) is 0 Å². The van der Waals surface area contributed by atoms with E-state index >= 15 is 0 Å². The summed E-state index contributed by atoms with van der Waals surface area (Å²) in [6.07, 6.45) is 3.42. The molecule has 0 amide bonds. The van der Waals surface area contributed by atoms with Gasteiger partial charge in [0.25, 0.3) is 0 Å². The molecule has 2 rings (SSSR count). The number of carbonyl (C=O) groups excluding carboxylic acids is 1. The lowest BCUT2D eigenvalue weighted by Gasteiger charge is -1.98. The molecule has 2 aromatic rings. The molecule has 2 aromatic heterocycles. The van der Waals surface area contributed by atoms with Crippen LogP contribution < -0.4 is 0 Å². The third-order valence-corrected chi connectivity index (χ3v) is 4.33. The monoisotopic (exact) mass is 404 g/mol. The standard InChI is InChI=1S/C12H10Br2N2O2S/c1-2-18-12(17)10-9(4-13)16-11(19-10)7-3-8(14)6-15-5-7/h3,5-6H,2,4H2,1H3. The molecule has 4 nitrogen and oxygen atoms in total. The molecule has 0 aliphatic rings. The molecule has 7 heteroatoms. The second-order valence-electron chi connectivity index (χ2n) is 3.54. The first kappa shape index (κ1) is 14.6. The van der Waals surface area contributed by atoms with E-state index in [2.05, 4.69) is 41.8 Å². The molecule has 0 saturated heterocycles. The van der Waals surface area contributed by atoms with Crippen LogP contribution in [-0.2, 0) is 10.1 Å². The van der Waals surface area contributed by atoms with Crippen molar-refractivity contribution in [3.05, 3.63) is 33.5 Å². The van der Waals surface area contributed by atoms with Gasteiger partial charge in [-0.15, -0.1) is 11.3 Å². The number of carbonyl (C=O) groups is 1. The van der Waals surface area contributed by atoms with E-state index in [9.17, 15) is 4.79 Å². The predicted octanol–water partition coefficient (Wildman–Crippen LogP) is 4.04. The molecule has 0 saturated carbocycles. The summed E-state index contributed by atoms with van der Waals surface area (Å²) in [5, 5.41) is 1.27. The summed E-state index contributed by atoms with van der Waals surface area (Å²) >= 11 is 8.03. The summed E-state index contributed by atoms with van der Waals surface area (Å²) < 4.78 is 5.90. The maximum atomic E-state index is 11.8. The van der Waals surface area contributed by atoms with Gasteiger partial charge in [0.05, 0.1) is 12.3 Å². The maximum absolute atomic E-state index is 11.8. The van der Waals surface area contributed by atoms with Gasteiger partial charge in [-0.25, -0.2) is 9.78 Å². The molecule has 0 aliphatic heterocycles. The Bertz CT molecular complexity index is 601. The lowest BCUT2D eigenvalue weighted by molar-refractivity contribution is 0.0531. The molecular weight excluding hydrogens is 396 g/mol. The number of pyridine rings is 1. The fourth-order valence-corrected chi connectivity index (χ4v) is 3.36. The van der Waals surface area contributed by atoms with Crippen LogP contribution in [0.4, 0.5) is 0 Å². The van der Waals surface area contributed by atoms with Gasteiger partial charge in [0.2, 0.25) is 0 Å². The van der Waals surface area contributed by atoms with Crippen molar-refractivity contribution in [2.45, 2.75) is 12.3 Å². The summed E-state index contributed by atoms with van der Waals surface area (Å²) in [7, 11) is 0. The predicted molar refractivity (Wildman–Crippen MR) is 81.6 cm³/mol. The maximum Gasteiger partial charge on any atom is 0.350 e. The second kappa shape index (κ2) is 6.58. The number of ether oxygens (including phenoxy) is 1. The third kappa shape index (κ3) is 3.40. The van der Waals surface area contributed by atoms with Crippen molar-refractivity contribution in [2.75, 3.05) is 6.61 Å². The van der Waals surface area contributed by atoms with Crippen molar-refractivity contribution < 1.29 is 9.53 Å². The molecule has 0 radical (unpaired) electrons. The van der Waals surface area contributed by atoms with Crippen LogP contribution in [0.3, 0.4) is 0 Å². The largest absolute Gasteiger partial charge is 0.462 e. The first-order chi connectivity index (χ1) is 9.15. The Hall–Kier alpha value is -0.790. The van der Waals surface area contributed by atoms with E-state index < -0.39 is 0 Å². The SMILES string of the molecule is CCOC(=O)c1sc(-c2cncc(Br)c2)nc1CBr. The average molecular weight is 406 g/mol. The van der Waals surface area contributed by atoms with Crippen LogP contribution >= 0.6 is 43.2 Å². The quantitative estimate of drug-likeness (QED) is 0.568. The highest BCUT2D eigenvalue weighted by Crippen LogP contribution is 2.30. The second-order valence-corrected chi connectivity index (χ2v) is 6.02. The molecular formula is C12H10Br2N2O2S. The normalized spacial score (nSPS) is 10.5. The van der Waals surface area contributed by atoms with Crippen LogP contribution in [0.15, 0.2) is 22.9 Å². The average Bonchev–Trinajstić information content (AvgIpc) is 2.83. The number of hydrogen-bond acceptors (Lipinski definition) is 5. The first-order valence-electron chi connectivity index (χ1n) is 5.49. The summed E-state index contributed by atoms with van der Waals surface area (Å²) in [5.74, 6) is -0.330. The molecule has 0 spiro atoms. The number of alkyl halides is 1. The van der Waals surface area contributed by atoms with Crippen LogP contribution in [0.25, 0.3) is 10.6 Å². The summed E-state index contributed by atoms with van der Waals surface area (Å²) in [6.45, 7) is 2.14. The lowest BCUT2D eigenvalue weighted by Crippen LogP contribution is -2.04. The van der Waals surface area contributed by atoms with Gasteiger partial charge in [0, 0.05) is 27.8 Å².